The first kappa shape index (κ1) is 19.3. The van der Waals surface area contributed by atoms with E-state index in [0.29, 0.717) is 18.0 Å². The van der Waals surface area contributed by atoms with Gasteiger partial charge in [-0.1, -0.05) is 66.7 Å². The molecule has 5 heteroatoms. The van der Waals surface area contributed by atoms with E-state index < -0.39 is 0 Å². The summed E-state index contributed by atoms with van der Waals surface area (Å²) < 4.78 is 10.6. The van der Waals surface area contributed by atoms with Gasteiger partial charge in [-0.2, -0.15) is 0 Å². The Morgan fingerprint density at radius 3 is 1.93 bits per heavy atom. The summed E-state index contributed by atoms with van der Waals surface area (Å²) >= 11 is 0. The Hall–Kier alpha value is -3.47. The second kappa shape index (κ2) is 9.46. The van der Waals surface area contributed by atoms with E-state index >= 15 is 0 Å². The van der Waals surface area contributed by atoms with E-state index in [4.69, 9.17) is 9.47 Å². The summed E-state index contributed by atoms with van der Waals surface area (Å²) in [5.41, 5.74) is 2.97. The second-order valence-corrected chi connectivity index (χ2v) is 6.27. The van der Waals surface area contributed by atoms with Crippen molar-refractivity contribution in [1.29, 1.82) is 0 Å². The van der Waals surface area contributed by atoms with E-state index in [1.165, 1.54) is 0 Å². The highest BCUT2D eigenvalue weighted by Gasteiger charge is 2.16. The molecule has 2 N–H and O–H groups in total. The molecule has 144 valence electrons. The van der Waals surface area contributed by atoms with Gasteiger partial charge in [-0.25, -0.2) is 4.79 Å². The minimum absolute atomic E-state index is 0.229. The molecule has 2 amide bonds. The number of hydrogen-bond donors (Lipinski definition) is 2. The monoisotopic (exact) mass is 376 g/mol. The van der Waals surface area contributed by atoms with E-state index in [9.17, 15) is 4.79 Å². The van der Waals surface area contributed by atoms with E-state index in [0.717, 1.165) is 16.7 Å². The third-order valence-electron chi connectivity index (χ3n) is 4.44. The molecule has 3 aromatic carbocycles. The molecule has 0 fully saturated rings. The van der Waals surface area contributed by atoms with Crippen LogP contribution >= 0.6 is 0 Å². The van der Waals surface area contributed by atoms with Crippen LogP contribution in [0.4, 0.5) is 4.79 Å². The van der Waals surface area contributed by atoms with Crippen molar-refractivity contribution in [2.75, 3.05) is 14.2 Å². The molecule has 5 nitrogen and oxygen atoms in total. The number of methoxy groups -OCH3 is 2. The molecule has 28 heavy (non-hydrogen) atoms. The zero-order valence-electron chi connectivity index (χ0n) is 16.0. The van der Waals surface area contributed by atoms with Gasteiger partial charge in [0.05, 0.1) is 20.3 Å². The lowest BCUT2D eigenvalue weighted by atomic mass is 9.99. The lowest BCUT2D eigenvalue weighted by Crippen LogP contribution is -2.38. The molecule has 0 aliphatic carbocycles. The van der Waals surface area contributed by atoms with Crippen LogP contribution < -0.4 is 20.1 Å². The van der Waals surface area contributed by atoms with Crippen LogP contribution in [0, 0.1) is 0 Å². The van der Waals surface area contributed by atoms with Crippen LogP contribution in [0.25, 0.3) is 0 Å². The maximum absolute atomic E-state index is 12.6. The summed E-state index contributed by atoms with van der Waals surface area (Å²) in [5.74, 6) is 1.29. The molecule has 0 aromatic heterocycles. The molecular formula is C23H24N2O3. The Morgan fingerprint density at radius 2 is 1.39 bits per heavy atom. The highest BCUT2D eigenvalue weighted by atomic mass is 16.5. The number of hydrogen-bond acceptors (Lipinski definition) is 3. The zero-order valence-corrected chi connectivity index (χ0v) is 16.0. The van der Waals surface area contributed by atoms with Gasteiger partial charge in [0.15, 0.2) is 11.5 Å². The van der Waals surface area contributed by atoms with Crippen molar-refractivity contribution in [1.82, 2.24) is 10.6 Å². The number of carbonyl (C=O) groups excluding carboxylic acids is 1. The zero-order chi connectivity index (χ0) is 19.8. The molecule has 0 radical (unpaired) electrons. The summed E-state index contributed by atoms with van der Waals surface area (Å²) in [6.45, 7) is 0.377. The average molecular weight is 376 g/mol. The van der Waals surface area contributed by atoms with Gasteiger partial charge in [0.1, 0.15) is 0 Å². The van der Waals surface area contributed by atoms with Crippen molar-refractivity contribution in [3.63, 3.8) is 0 Å². The van der Waals surface area contributed by atoms with Crippen LogP contribution in [0.2, 0.25) is 0 Å². The van der Waals surface area contributed by atoms with Gasteiger partial charge in [0.25, 0.3) is 0 Å². The third-order valence-corrected chi connectivity index (χ3v) is 4.44. The third kappa shape index (κ3) is 4.82. The summed E-state index contributed by atoms with van der Waals surface area (Å²) in [5, 5.41) is 5.98. The number of urea groups is 1. The Morgan fingerprint density at radius 1 is 0.821 bits per heavy atom. The number of amides is 2. The molecule has 3 rings (SSSR count). The SMILES string of the molecule is COc1ccc(CNC(=O)NC(c2ccccc2)c2ccccc2)cc1OC. The van der Waals surface area contributed by atoms with Crippen molar-refractivity contribution in [2.24, 2.45) is 0 Å². The fourth-order valence-electron chi connectivity index (χ4n) is 3.01. The second-order valence-electron chi connectivity index (χ2n) is 6.27. The van der Waals surface area contributed by atoms with Gasteiger partial charge < -0.3 is 20.1 Å². The van der Waals surface area contributed by atoms with Gasteiger partial charge in [0, 0.05) is 6.54 Å². The highest BCUT2D eigenvalue weighted by molar-refractivity contribution is 5.75. The molecule has 0 aliphatic rings. The fraction of sp³-hybridized carbons (Fsp3) is 0.174. The predicted molar refractivity (Wildman–Crippen MR) is 110 cm³/mol. The van der Waals surface area contributed by atoms with E-state index in [1.54, 1.807) is 14.2 Å². The summed E-state index contributed by atoms with van der Waals surface area (Å²) in [4.78, 5) is 12.6. The number of rotatable bonds is 7. The normalized spacial score (nSPS) is 10.4. The number of ether oxygens (including phenoxy) is 2. The lowest BCUT2D eigenvalue weighted by molar-refractivity contribution is 0.238. The molecule has 0 atom stereocenters. The highest BCUT2D eigenvalue weighted by Crippen LogP contribution is 2.27. The van der Waals surface area contributed by atoms with Crippen LogP contribution in [0.3, 0.4) is 0 Å². The molecule has 0 saturated heterocycles. The maximum Gasteiger partial charge on any atom is 0.315 e. The summed E-state index contributed by atoms with van der Waals surface area (Å²) in [7, 11) is 3.18. The minimum Gasteiger partial charge on any atom is -0.493 e. The molecule has 0 saturated carbocycles. The van der Waals surface area contributed by atoms with Crippen molar-refractivity contribution in [3.05, 3.63) is 95.6 Å². The molecule has 0 bridgehead atoms. The van der Waals surface area contributed by atoms with E-state index in [-0.39, 0.29) is 12.1 Å². The van der Waals surface area contributed by atoms with Gasteiger partial charge in [0.2, 0.25) is 0 Å². The van der Waals surface area contributed by atoms with Gasteiger partial charge in [-0.3, -0.25) is 0 Å². The maximum atomic E-state index is 12.6. The van der Waals surface area contributed by atoms with Crippen molar-refractivity contribution in [3.8, 4) is 11.5 Å². The Balaban J connectivity index is 1.69. The van der Waals surface area contributed by atoms with Crippen LogP contribution in [0.15, 0.2) is 78.9 Å². The van der Waals surface area contributed by atoms with Crippen LogP contribution in [-0.4, -0.2) is 20.3 Å². The predicted octanol–water partition coefficient (Wildman–Crippen LogP) is 4.29. The topological polar surface area (TPSA) is 59.6 Å². The van der Waals surface area contributed by atoms with Crippen molar-refractivity contribution < 1.29 is 14.3 Å². The van der Waals surface area contributed by atoms with Crippen molar-refractivity contribution in [2.45, 2.75) is 12.6 Å². The molecule has 3 aromatic rings. The molecule has 0 unspecified atom stereocenters. The first-order valence-corrected chi connectivity index (χ1v) is 9.06. The molecule has 0 heterocycles. The van der Waals surface area contributed by atoms with Crippen LogP contribution in [0.5, 0.6) is 11.5 Å². The number of carbonyl (C=O) groups is 1. The number of benzene rings is 3. The van der Waals surface area contributed by atoms with Crippen molar-refractivity contribution >= 4 is 6.03 Å². The molecule has 0 spiro atoms. The fourth-order valence-corrected chi connectivity index (χ4v) is 3.01. The average Bonchev–Trinajstić information content (AvgIpc) is 2.77. The quantitative estimate of drug-likeness (QED) is 0.647. The van der Waals surface area contributed by atoms with Gasteiger partial charge in [-0.15, -0.1) is 0 Å². The Kier molecular flexibility index (Phi) is 6.52. The molecule has 0 aliphatic heterocycles. The van der Waals surface area contributed by atoms with E-state index in [1.807, 2.05) is 78.9 Å². The first-order chi connectivity index (χ1) is 13.7. The van der Waals surface area contributed by atoms with E-state index in [2.05, 4.69) is 10.6 Å². The largest absolute Gasteiger partial charge is 0.493 e. The van der Waals surface area contributed by atoms with Gasteiger partial charge in [-0.05, 0) is 28.8 Å². The smallest absolute Gasteiger partial charge is 0.315 e. The minimum atomic E-state index is -0.243. The standard InChI is InChI=1S/C23H24N2O3/c1-27-20-14-13-17(15-21(20)28-2)16-24-23(26)25-22(18-9-5-3-6-10-18)19-11-7-4-8-12-19/h3-15,22H,16H2,1-2H3,(H2,24,25,26). The lowest BCUT2D eigenvalue weighted by Gasteiger charge is -2.20. The first-order valence-electron chi connectivity index (χ1n) is 9.06. The van der Waals surface area contributed by atoms with Gasteiger partial charge >= 0.3 is 6.03 Å². The molecular weight excluding hydrogens is 352 g/mol. The number of nitrogens with one attached hydrogen (secondary N) is 2. The summed E-state index contributed by atoms with van der Waals surface area (Å²) in [6, 6.07) is 24.9. The van der Waals surface area contributed by atoms with Crippen LogP contribution in [-0.2, 0) is 6.54 Å². The Bertz CT molecular complexity index is 859. The Labute approximate surface area is 165 Å². The van der Waals surface area contributed by atoms with Crippen LogP contribution in [0.1, 0.15) is 22.7 Å². The summed E-state index contributed by atoms with van der Waals surface area (Å²) in [6.07, 6.45) is 0.